The van der Waals surface area contributed by atoms with E-state index < -0.39 is 5.82 Å². The third kappa shape index (κ3) is 2.23. The van der Waals surface area contributed by atoms with E-state index in [0.29, 0.717) is 5.82 Å². The van der Waals surface area contributed by atoms with Crippen molar-refractivity contribution < 1.29 is 4.39 Å². The van der Waals surface area contributed by atoms with Crippen LogP contribution in [0.2, 0.25) is 5.15 Å². The van der Waals surface area contributed by atoms with Crippen molar-refractivity contribution in [2.45, 2.75) is 27.7 Å². The molecule has 0 fully saturated rings. The topological polar surface area (TPSA) is 25.8 Å². The van der Waals surface area contributed by atoms with E-state index in [0.717, 1.165) is 16.7 Å². The van der Waals surface area contributed by atoms with Crippen molar-refractivity contribution in [1.82, 2.24) is 9.97 Å². The summed E-state index contributed by atoms with van der Waals surface area (Å²) in [6, 6.07) is 4.08. The summed E-state index contributed by atoms with van der Waals surface area (Å²) in [5.74, 6) is -0.0820. The molecule has 2 aromatic rings. The highest BCUT2D eigenvalue weighted by Crippen LogP contribution is 2.26. The van der Waals surface area contributed by atoms with Gasteiger partial charge in [-0.3, -0.25) is 0 Å². The zero-order chi connectivity index (χ0) is 13.4. The van der Waals surface area contributed by atoms with Gasteiger partial charge in [0.25, 0.3) is 0 Å². The van der Waals surface area contributed by atoms with Crippen LogP contribution < -0.4 is 0 Å². The van der Waals surface area contributed by atoms with Crippen LogP contribution in [0, 0.1) is 33.5 Å². The number of rotatable bonds is 1. The highest BCUT2D eigenvalue weighted by Gasteiger charge is 2.13. The van der Waals surface area contributed by atoms with Crippen LogP contribution >= 0.6 is 11.6 Å². The minimum Gasteiger partial charge on any atom is -0.230 e. The molecule has 0 saturated heterocycles. The minimum absolute atomic E-state index is 0.130. The maximum absolute atomic E-state index is 13.4. The van der Waals surface area contributed by atoms with Gasteiger partial charge in [-0.15, -0.1) is 0 Å². The lowest BCUT2D eigenvalue weighted by Gasteiger charge is -2.10. The van der Waals surface area contributed by atoms with Crippen LogP contribution in [0.3, 0.4) is 0 Å². The average Bonchev–Trinajstić information content (AvgIpc) is 2.30. The molecule has 1 aromatic carbocycles. The van der Waals surface area contributed by atoms with Gasteiger partial charge in [0.05, 0.1) is 5.69 Å². The Hall–Kier alpha value is -1.48. The van der Waals surface area contributed by atoms with Crippen molar-refractivity contribution in [3.8, 4) is 11.4 Å². The molecule has 2 rings (SSSR count). The number of benzene rings is 1. The molecule has 94 valence electrons. The van der Waals surface area contributed by atoms with Crippen LogP contribution in [-0.2, 0) is 0 Å². The fraction of sp³-hybridized carbons (Fsp3) is 0.286. The van der Waals surface area contributed by atoms with E-state index in [1.165, 1.54) is 5.56 Å². The first-order chi connectivity index (χ1) is 8.40. The second-order valence-electron chi connectivity index (χ2n) is 4.49. The molecule has 4 heteroatoms. The summed E-state index contributed by atoms with van der Waals surface area (Å²) in [5.41, 5.74) is 4.57. The number of hydrogen-bond donors (Lipinski definition) is 0. The Kier molecular flexibility index (Phi) is 3.35. The van der Waals surface area contributed by atoms with E-state index in [-0.39, 0.29) is 10.8 Å². The molecule has 0 N–H and O–H groups in total. The molecular formula is C14H14ClFN2. The number of aryl methyl sites for hydroxylation is 4. The summed E-state index contributed by atoms with van der Waals surface area (Å²) in [6.07, 6.45) is 0. The largest absolute Gasteiger partial charge is 0.230 e. The van der Waals surface area contributed by atoms with Crippen LogP contribution in [0.15, 0.2) is 12.1 Å². The van der Waals surface area contributed by atoms with E-state index in [1.807, 2.05) is 19.9 Å². The second-order valence-corrected chi connectivity index (χ2v) is 4.85. The van der Waals surface area contributed by atoms with E-state index in [4.69, 9.17) is 11.6 Å². The summed E-state index contributed by atoms with van der Waals surface area (Å²) in [5, 5.41) is -0.130. The quantitative estimate of drug-likeness (QED) is 0.723. The molecule has 0 saturated carbocycles. The summed E-state index contributed by atoms with van der Waals surface area (Å²) in [4.78, 5) is 8.18. The zero-order valence-electron chi connectivity index (χ0n) is 10.8. The minimum atomic E-state index is -0.554. The first-order valence-electron chi connectivity index (χ1n) is 5.68. The number of halogens is 2. The Balaban J connectivity index is 2.66. The predicted octanol–water partition coefficient (Wildman–Crippen LogP) is 4.17. The fourth-order valence-corrected chi connectivity index (χ4v) is 2.06. The molecule has 0 aliphatic rings. The molecule has 2 nitrogen and oxygen atoms in total. The molecule has 18 heavy (non-hydrogen) atoms. The van der Waals surface area contributed by atoms with Crippen molar-refractivity contribution >= 4 is 11.6 Å². The van der Waals surface area contributed by atoms with Crippen molar-refractivity contribution in [1.29, 1.82) is 0 Å². The third-order valence-corrected chi connectivity index (χ3v) is 3.31. The fourth-order valence-electron chi connectivity index (χ4n) is 1.85. The smallest absolute Gasteiger partial charge is 0.181 e. The van der Waals surface area contributed by atoms with E-state index in [1.54, 1.807) is 6.92 Å². The SMILES string of the molecule is Cc1cc(C)c(-c2nc(C)c(F)c(Cl)n2)cc1C. The summed E-state index contributed by atoms with van der Waals surface area (Å²) in [7, 11) is 0. The van der Waals surface area contributed by atoms with E-state index >= 15 is 0 Å². The summed E-state index contributed by atoms with van der Waals surface area (Å²) < 4.78 is 13.4. The Morgan fingerprint density at radius 3 is 2.17 bits per heavy atom. The van der Waals surface area contributed by atoms with Crippen molar-refractivity contribution in [3.05, 3.63) is 45.5 Å². The predicted molar refractivity (Wildman–Crippen MR) is 71.4 cm³/mol. The van der Waals surface area contributed by atoms with E-state index in [9.17, 15) is 4.39 Å². The highest BCUT2D eigenvalue weighted by molar-refractivity contribution is 6.29. The number of aromatic nitrogens is 2. The summed E-state index contributed by atoms with van der Waals surface area (Å²) in [6.45, 7) is 7.65. The molecule has 0 atom stereocenters. The van der Waals surface area contributed by atoms with Gasteiger partial charge in [0.15, 0.2) is 16.8 Å². The second kappa shape index (κ2) is 4.65. The van der Waals surface area contributed by atoms with Crippen LogP contribution in [-0.4, -0.2) is 9.97 Å². The van der Waals surface area contributed by atoms with Crippen LogP contribution in [0.25, 0.3) is 11.4 Å². The Labute approximate surface area is 111 Å². The maximum Gasteiger partial charge on any atom is 0.181 e. The van der Waals surface area contributed by atoms with Gasteiger partial charge in [0.1, 0.15) is 0 Å². The third-order valence-electron chi connectivity index (χ3n) is 3.06. The first-order valence-corrected chi connectivity index (χ1v) is 6.06. The maximum atomic E-state index is 13.4. The van der Waals surface area contributed by atoms with Gasteiger partial charge < -0.3 is 0 Å². The Bertz CT molecular complexity index is 600. The van der Waals surface area contributed by atoms with Crippen molar-refractivity contribution in [2.24, 2.45) is 0 Å². The van der Waals surface area contributed by atoms with Crippen LogP contribution in [0.1, 0.15) is 22.4 Å². The highest BCUT2D eigenvalue weighted by atomic mass is 35.5. The normalized spacial score (nSPS) is 10.8. The van der Waals surface area contributed by atoms with Gasteiger partial charge in [-0.25, -0.2) is 14.4 Å². The molecular weight excluding hydrogens is 251 g/mol. The van der Waals surface area contributed by atoms with Gasteiger partial charge in [-0.05, 0) is 50.5 Å². The van der Waals surface area contributed by atoms with Gasteiger partial charge in [0.2, 0.25) is 0 Å². The molecule has 0 unspecified atom stereocenters. The van der Waals surface area contributed by atoms with Gasteiger partial charge in [-0.2, -0.15) is 0 Å². The Morgan fingerprint density at radius 2 is 1.56 bits per heavy atom. The van der Waals surface area contributed by atoms with Gasteiger partial charge >= 0.3 is 0 Å². The summed E-state index contributed by atoms with van der Waals surface area (Å²) >= 11 is 5.77. The molecule has 0 aliphatic carbocycles. The zero-order valence-corrected chi connectivity index (χ0v) is 11.6. The van der Waals surface area contributed by atoms with E-state index in [2.05, 4.69) is 23.0 Å². The van der Waals surface area contributed by atoms with Crippen molar-refractivity contribution in [3.63, 3.8) is 0 Å². The average molecular weight is 265 g/mol. The monoisotopic (exact) mass is 264 g/mol. The van der Waals surface area contributed by atoms with Crippen LogP contribution in [0.5, 0.6) is 0 Å². The molecule has 0 spiro atoms. The van der Waals surface area contributed by atoms with Gasteiger partial charge in [0, 0.05) is 5.56 Å². The molecule has 0 bridgehead atoms. The lowest BCUT2D eigenvalue weighted by atomic mass is 10.0. The van der Waals surface area contributed by atoms with Gasteiger partial charge in [-0.1, -0.05) is 17.7 Å². The lowest BCUT2D eigenvalue weighted by molar-refractivity contribution is 0.603. The van der Waals surface area contributed by atoms with Crippen molar-refractivity contribution in [2.75, 3.05) is 0 Å². The lowest BCUT2D eigenvalue weighted by Crippen LogP contribution is -1.99. The number of hydrogen-bond acceptors (Lipinski definition) is 2. The molecule has 1 heterocycles. The Morgan fingerprint density at radius 1 is 0.944 bits per heavy atom. The molecule has 0 amide bonds. The standard InChI is InChI=1S/C14H14ClFN2/c1-7-5-9(3)11(6-8(7)2)14-17-10(4)12(16)13(15)18-14/h5-6H,1-4H3. The van der Waals surface area contributed by atoms with Crippen LogP contribution in [0.4, 0.5) is 4.39 Å². The molecule has 0 aliphatic heterocycles. The number of nitrogens with zero attached hydrogens (tertiary/aromatic N) is 2. The molecule has 0 radical (unpaired) electrons. The first kappa shape index (κ1) is 13.0. The molecule has 1 aromatic heterocycles.